The number of aromatic nitrogens is 2. The van der Waals surface area contributed by atoms with Gasteiger partial charge in [0.05, 0.1) is 5.52 Å². The summed E-state index contributed by atoms with van der Waals surface area (Å²) in [6.45, 7) is 1.84. The molecule has 2 aromatic carbocycles. The summed E-state index contributed by atoms with van der Waals surface area (Å²) in [6.07, 6.45) is 0. The van der Waals surface area contributed by atoms with Crippen LogP contribution in [-0.2, 0) is 0 Å². The van der Waals surface area contributed by atoms with E-state index in [9.17, 15) is 0 Å². The van der Waals surface area contributed by atoms with Crippen molar-refractivity contribution in [3.63, 3.8) is 0 Å². The molecule has 0 atom stereocenters. The Morgan fingerprint density at radius 2 is 1.67 bits per heavy atom. The van der Waals surface area contributed by atoms with Gasteiger partial charge in [-0.05, 0) is 30.2 Å². The maximum atomic E-state index is 6.17. The van der Waals surface area contributed by atoms with Crippen LogP contribution in [0.4, 0.5) is 0 Å². The molecule has 0 radical (unpaired) electrons. The molecule has 0 aliphatic carbocycles. The van der Waals surface area contributed by atoms with Crippen molar-refractivity contribution in [3.8, 4) is 11.1 Å². The first-order valence-electron chi connectivity index (χ1n) is 5.73. The minimum atomic E-state index is 0.510. The van der Waals surface area contributed by atoms with E-state index >= 15 is 0 Å². The minimum Gasteiger partial charge on any atom is -0.233 e. The van der Waals surface area contributed by atoms with Gasteiger partial charge in [0, 0.05) is 5.39 Å². The predicted molar refractivity (Wildman–Crippen MR) is 74.7 cm³/mol. The van der Waals surface area contributed by atoms with Crippen LogP contribution < -0.4 is 0 Å². The zero-order valence-electron chi connectivity index (χ0n) is 9.89. The summed E-state index contributed by atoms with van der Waals surface area (Å²) in [7, 11) is 0. The van der Waals surface area contributed by atoms with Gasteiger partial charge in [0.2, 0.25) is 0 Å². The van der Waals surface area contributed by atoms with Crippen molar-refractivity contribution in [2.75, 3.05) is 0 Å². The van der Waals surface area contributed by atoms with Crippen molar-refractivity contribution < 1.29 is 0 Å². The van der Waals surface area contributed by atoms with Gasteiger partial charge in [-0.3, -0.25) is 0 Å². The molecule has 0 fully saturated rings. The first-order valence-corrected chi connectivity index (χ1v) is 6.11. The Morgan fingerprint density at radius 1 is 0.889 bits per heavy atom. The average Bonchev–Trinajstić information content (AvgIpc) is 2.39. The Bertz CT molecular complexity index is 708. The van der Waals surface area contributed by atoms with E-state index < -0.39 is 0 Å². The SMILES string of the molecule is Cc1nc(Cl)c2cc(-c3ccccc3)ccc2n1. The van der Waals surface area contributed by atoms with Gasteiger partial charge in [0.15, 0.2) is 0 Å². The van der Waals surface area contributed by atoms with Gasteiger partial charge in [-0.1, -0.05) is 48.0 Å². The summed E-state index contributed by atoms with van der Waals surface area (Å²) in [5.74, 6) is 0.694. The first-order chi connectivity index (χ1) is 8.74. The number of hydrogen-bond acceptors (Lipinski definition) is 2. The van der Waals surface area contributed by atoms with Gasteiger partial charge >= 0.3 is 0 Å². The maximum absolute atomic E-state index is 6.17. The molecule has 0 saturated carbocycles. The fourth-order valence-corrected chi connectivity index (χ4v) is 2.28. The summed E-state index contributed by atoms with van der Waals surface area (Å²) in [4.78, 5) is 8.57. The topological polar surface area (TPSA) is 25.8 Å². The van der Waals surface area contributed by atoms with E-state index in [1.165, 1.54) is 0 Å². The van der Waals surface area contributed by atoms with Crippen LogP contribution in [0.5, 0.6) is 0 Å². The van der Waals surface area contributed by atoms with Crippen molar-refractivity contribution in [2.24, 2.45) is 0 Å². The molecular weight excluding hydrogens is 244 g/mol. The van der Waals surface area contributed by atoms with Crippen LogP contribution in [0.25, 0.3) is 22.0 Å². The molecular formula is C15H11ClN2. The molecule has 0 N–H and O–H groups in total. The molecule has 0 unspecified atom stereocenters. The summed E-state index contributed by atoms with van der Waals surface area (Å²) >= 11 is 6.17. The second kappa shape index (κ2) is 4.39. The Morgan fingerprint density at radius 3 is 2.44 bits per heavy atom. The van der Waals surface area contributed by atoms with E-state index in [4.69, 9.17) is 11.6 Å². The van der Waals surface area contributed by atoms with Crippen LogP contribution in [0.15, 0.2) is 48.5 Å². The van der Waals surface area contributed by atoms with E-state index in [1.54, 1.807) is 0 Å². The van der Waals surface area contributed by atoms with Crippen molar-refractivity contribution >= 4 is 22.5 Å². The lowest BCUT2D eigenvalue weighted by atomic mass is 10.0. The lowest BCUT2D eigenvalue weighted by Gasteiger charge is -2.05. The fourth-order valence-electron chi connectivity index (χ4n) is 2.01. The Hall–Kier alpha value is -1.93. The van der Waals surface area contributed by atoms with Crippen LogP contribution in [0.1, 0.15) is 5.82 Å². The quantitative estimate of drug-likeness (QED) is 0.607. The molecule has 0 spiro atoms. The number of rotatable bonds is 1. The fraction of sp³-hybridized carbons (Fsp3) is 0.0667. The largest absolute Gasteiger partial charge is 0.233 e. The van der Waals surface area contributed by atoms with Gasteiger partial charge in [-0.25, -0.2) is 9.97 Å². The zero-order valence-corrected chi connectivity index (χ0v) is 10.6. The highest BCUT2D eigenvalue weighted by Crippen LogP contribution is 2.27. The van der Waals surface area contributed by atoms with Crippen LogP contribution in [-0.4, -0.2) is 9.97 Å². The normalized spacial score (nSPS) is 10.8. The molecule has 0 saturated heterocycles. The Labute approximate surface area is 110 Å². The van der Waals surface area contributed by atoms with E-state index in [-0.39, 0.29) is 0 Å². The molecule has 3 rings (SSSR count). The predicted octanol–water partition coefficient (Wildman–Crippen LogP) is 4.26. The van der Waals surface area contributed by atoms with Crippen molar-refractivity contribution in [2.45, 2.75) is 6.92 Å². The summed E-state index contributed by atoms with van der Waals surface area (Å²) in [6, 6.07) is 16.3. The van der Waals surface area contributed by atoms with Crippen LogP contribution in [0.2, 0.25) is 5.15 Å². The third-order valence-corrected chi connectivity index (χ3v) is 3.16. The second-order valence-electron chi connectivity index (χ2n) is 4.16. The van der Waals surface area contributed by atoms with Gasteiger partial charge in [0.1, 0.15) is 11.0 Å². The van der Waals surface area contributed by atoms with Gasteiger partial charge in [0.25, 0.3) is 0 Å². The van der Waals surface area contributed by atoms with Gasteiger partial charge in [-0.15, -0.1) is 0 Å². The van der Waals surface area contributed by atoms with Crippen molar-refractivity contribution in [3.05, 3.63) is 59.5 Å². The summed E-state index contributed by atoms with van der Waals surface area (Å²) < 4.78 is 0. The van der Waals surface area contributed by atoms with Crippen LogP contribution in [0, 0.1) is 6.92 Å². The van der Waals surface area contributed by atoms with Crippen molar-refractivity contribution in [1.29, 1.82) is 0 Å². The van der Waals surface area contributed by atoms with Crippen LogP contribution >= 0.6 is 11.6 Å². The van der Waals surface area contributed by atoms with Gasteiger partial charge < -0.3 is 0 Å². The van der Waals surface area contributed by atoms with Crippen LogP contribution in [0.3, 0.4) is 0 Å². The number of aryl methyl sites for hydroxylation is 1. The molecule has 2 nitrogen and oxygen atoms in total. The number of hydrogen-bond donors (Lipinski definition) is 0. The number of fused-ring (bicyclic) bond motifs is 1. The maximum Gasteiger partial charge on any atom is 0.140 e. The number of nitrogens with zero attached hydrogens (tertiary/aromatic N) is 2. The zero-order chi connectivity index (χ0) is 12.5. The second-order valence-corrected chi connectivity index (χ2v) is 4.52. The average molecular weight is 255 g/mol. The lowest BCUT2D eigenvalue weighted by Crippen LogP contribution is -1.90. The third-order valence-electron chi connectivity index (χ3n) is 2.87. The molecule has 88 valence electrons. The van der Waals surface area contributed by atoms with E-state index in [0.717, 1.165) is 22.0 Å². The molecule has 3 aromatic rings. The smallest absolute Gasteiger partial charge is 0.140 e. The van der Waals surface area contributed by atoms with Crippen molar-refractivity contribution in [1.82, 2.24) is 9.97 Å². The van der Waals surface area contributed by atoms with E-state index in [0.29, 0.717) is 11.0 Å². The summed E-state index contributed by atoms with van der Waals surface area (Å²) in [5, 5.41) is 1.40. The monoisotopic (exact) mass is 254 g/mol. The molecule has 18 heavy (non-hydrogen) atoms. The first kappa shape index (κ1) is 11.2. The Kier molecular flexibility index (Phi) is 2.73. The van der Waals surface area contributed by atoms with E-state index in [1.807, 2.05) is 37.3 Å². The number of halogens is 1. The minimum absolute atomic E-state index is 0.510. The van der Waals surface area contributed by atoms with Gasteiger partial charge in [-0.2, -0.15) is 0 Å². The highest BCUT2D eigenvalue weighted by molar-refractivity contribution is 6.34. The molecule has 0 amide bonds. The lowest BCUT2D eigenvalue weighted by molar-refractivity contribution is 1.09. The highest BCUT2D eigenvalue weighted by Gasteiger charge is 2.05. The third kappa shape index (κ3) is 1.95. The molecule has 0 aliphatic heterocycles. The highest BCUT2D eigenvalue weighted by atomic mass is 35.5. The number of benzene rings is 2. The Balaban J connectivity index is 2.23. The summed E-state index contributed by atoms with van der Waals surface area (Å²) in [5.41, 5.74) is 3.17. The van der Waals surface area contributed by atoms with E-state index in [2.05, 4.69) is 28.2 Å². The molecule has 0 bridgehead atoms. The molecule has 1 aromatic heterocycles. The molecule has 1 heterocycles. The molecule has 3 heteroatoms. The molecule has 0 aliphatic rings. The standard InChI is InChI=1S/C15H11ClN2/c1-10-17-14-8-7-12(9-13(14)15(16)18-10)11-5-3-2-4-6-11/h2-9H,1H3.